The second kappa shape index (κ2) is 6.94. The molecule has 2 aromatic rings. The summed E-state index contributed by atoms with van der Waals surface area (Å²) in [6.45, 7) is 4.49. The third-order valence-corrected chi connectivity index (χ3v) is 4.77. The van der Waals surface area contributed by atoms with Crippen LogP contribution in [-0.4, -0.2) is 26.5 Å². The fourth-order valence-corrected chi connectivity index (χ4v) is 3.50. The molecule has 0 saturated heterocycles. The molecule has 5 heteroatoms. The van der Waals surface area contributed by atoms with E-state index in [2.05, 4.69) is 29.1 Å². The first kappa shape index (κ1) is 15.7. The molecule has 0 spiro atoms. The van der Waals surface area contributed by atoms with Crippen LogP contribution in [-0.2, 0) is 0 Å². The Morgan fingerprint density at radius 2 is 2.13 bits per heavy atom. The summed E-state index contributed by atoms with van der Waals surface area (Å²) in [5, 5.41) is 3.21. The molecule has 5 nitrogen and oxygen atoms in total. The SMILES string of the molecule is CC(C)C1CCCCC1NC(=O)c1cc(-n2ccnc2)ccn1. The van der Waals surface area contributed by atoms with E-state index in [1.165, 1.54) is 19.3 Å². The van der Waals surface area contributed by atoms with Crippen LogP contribution < -0.4 is 5.32 Å². The number of nitrogens with one attached hydrogen (secondary N) is 1. The lowest BCUT2D eigenvalue weighted by Gasteiger charge is -2.34. The van der Waals surface area contributed by atoms with E-state index in [9.17, 15) is 4.79 Å². The monoisotopic (exact) mass is 312 g/mol. The fourth-order valence-electron chi connectivity index (χ4n) is 3.50. The first-order chi connectivity index (χ1) is 11.1. The highest BCUT2D eigenvalue weighted by Crippen LogP contribution is 2.30. The average Bonchev–Trinajstić information content (AvgIpc) is 3.10. The second-order valence-corrected chi connectivity index (χ2v) is 6.64. The van der Waals surface area contributed by atoms with Crippen molar-refractivity contribution >= 4 is 5.91 Å². The Morgan fingerprint density at radius 1 is 1.30 bits per heavy atom. The summed E-state index contributed by atoms with van der Waals surface area (Å²) in [5.74, 6) is 1.07. The van der Waals surface area contributed by atoms with Crippen LogP contribution in [0.5, 0.6) is 0 Å². The molecule has 0 aliphatic heterocycles. The van der Waals surface area contributed by atoms with Crippen molar-refractivity contribution in [2.75, 3.05) is 0 Å². The van der Waals surface area contributed by atoms with Crippen molar-refractivity contribution in [2.45, 2.75) is 45.6 Å². The van der Waals surface area contributed by atoms with Gasteiger partial charge in [-0.3, -0.25) is 9.78 Å². The number of rotatable bonds is 4. The minimum Gasteiger partial charge on any atom is -0.348 e. The van der Waals surface area contributed by atoms with Crippen LogP contribution >= 0.6 is 0 Å². The first-order valence-corrected chi connectivity index (χ1v) is 8.40. The number of pyridine rings is 1. The minimum atomic E-state index is -0.0792. The molecule has 1 fully saturated rings. The molecule has 122 valence electrons. The van der Waals surface area contributed by atoms with Gasteiger partial charge in [-0.25, -0.2) is 4.98 Å². The van der Waals surface area contributed by atoms with Gasteiger partial charge in [0.15, 0.2) is 0 Å². The lowest BCUT2D eigenvalue weighted by Crippen LogP contribution is -2.44. The third-order valence-electron chi connectivity index (χ3n) is 4.77. The molecular formula is C18H24N4O. The molecule has 1 aliphatic rings. The van der Waals surface area contributed by atoms with Crippen molar-refractivity contribution in [3.63, 3.8) is 0 Å². The van der Waals surface area contributed by atoms with Crippen molar-refractivity contribution in [2.24, 2.45) is 11.8 Å². The molecule has 3 rings (SSSR count). The van der Waals surface area contributed by atoms with E-state index in [-0.39, 0.29) is 11.9 Å². The summed E-state index contributed by atoms with van der Waals surface area (Å²) in [6, 6.07) is 3.94. The number of hydrogen-bond acceptors (Lipinski definition) is 3. The van der Waals surface area contributed by atoms with Crippen molar-refractivity contribution < 1.29 is 4.79 Å². The van der Waals surface area contributed by atoms with E-state index in [1.807, 2.05) is 22.9 Å². The van der Waals surface area contributed by atoms with E-state index >= 15 is 0 Å². The van der Waals surface area contributed by atoms with Crippen LogP contribution in [0.1, 0.15) is 50.0 Å². The maximum absolute atomic E-state index is 12.6. The molecule has 2 heterocycles. The topological polar surface area (TPSA) is 59.8 Å². The Bertz CT molecular complexity index is 651. The highest BCUT2D eigenvalue weighted by molar-refractivity contribution is 5.93. The molecule has 0 radical (unpaired) electrons. The molecular weight excluding hydrogens is 288 g/mol. The number of imidazole rings is 1. The largest absolute Gasteiger partial charge is 0.348 e. The summed E-state index contributed by atoms with van der Waals surface area (Å²) in [5.41, 5.74) is 1.36. The molecule has 1 saturated carbocycles. The highest BCUT2D eigenvalue weighted by Gasteiger charge is 2.29. The molecule has 2 aromatic heterocycles. The summed E-state index contributed by atoms with van der Waals surface area (Å²) < 4.78 is 1.87. The van der Waals surface area contributed by atoms with E-state index in [0.29, 0.717) is 17.5 Å². The van der Waals surface area contributed by atoms with Crippen molar-refractivity contribution in [1.82, 2.24) is 19.9 Å². The maximum Gasteiger partial charge on any atom is 0.270 e. The molecule has 23 heavy (non-hydrogen) atoms. The Kier molecular flexibility index (Phi) is 4.74. The number of amides is 1. The number of aromatic nitrogens is 3. The number of carbonyl (C=O) groups excluding carboxylic acids is 1. The van der Waals surface area contributed by atoms with Crippen LogP contribution in [0.3, 0.4) is 0 Å². The van der Waals surface area contributed by atoms with Gasteiger partial charge in [-0.2, -0.15) is 0 Å². The fraction of sp³-hybridized carbons (Fsp3) is 0.500. The van der Waals surface area contributed by atoms with E-state index in [4.69, 9.17) is 0 Å². The smallest absolute Gasteiger partial charge is 0.270 e. The molecule has 1 aliphatic carbocycles. The van der Waals surface area contributed by atoms with Gasteiger partial charge in [0.05, 0.1) is 12.0 Å². The van der Waals surface area contributed by atoms with Gasteiger partial charge in [0.2, 0.25) is 0 Å². The number of hydrogen-bond donors (Lipinski definition) is 1. The van der Waals surface area contributed by atoms with Crippen molar-refractivity contribution in [3.8, 4) is 5.69 Å². The Balaban J connectivity index is 1.74. The normalized spacial score (nSPS) is 21.3. The zero-order valence-electron chi connectivity index (χ0n) is 13.8. The van der Waals surface area contributed by atoms with Gasteiger partial charge < -0.3 is 9.88 Å². The standard InChI is InChI=1S/C18H24N4O/c1-13(2)15-5-3-4-6-16(15)21-18(23)17-11-14(7-8-20-17)22-10-9-19-12-22/h7-13,15-16H,3-6H2,1-2H3,(H,21,23). The Labute approximate surface area is 137 Å². The van der Waals surface area contributed by atoms with Gasteiger partial charge in [-0.1, -0.05) is 26.7 Å². The zero-order valence-corrected chi connectivity index (χ0v) is 13.8. The van der Waals surface area contributed by atoms with Gasteiger partial charge in [0, 0.05) is 24.6 Å². The Hall–Kier alpha value is -2.17. The van der Waals surface area contributed by atoms with Gasteiger partial charge in [0.1, 0.15) is 5.69 Å². The quantitative estimate of drug-likeness (QED) is 0.943. The molecule has 2 unspecified atom stereocenters. The summed E-state index contributed by atoms with van der Waals surface area (Å²) in [4.78, 5) is 20.9. The zero-order chi connectivity index (χ0) is 16.2. The lowest BCUT2D eigenvalue weighted by molar-refractivity contribution is 0.0884. The van der Waals surface area contributed by atoms with E-state index in [0.717, 1.165) is 12.1 Å². The average molecular weight is 312 g/mol. The van der Waals surface area contributed by atoms with Crippen molar-refractivity contribution in [1.29, 1.82) is 0 Å². The van der Waals surface area contributed by atoms with Gasteiger partial charge in [0.25, 0.3) is 5.91 Å². The first-order valence-electron chi connectivity index (χ1n) is 8.40. The minimum absolute atomic E-state index is 0.0792. The van der Waals surface area contributed by atoms with Crippen LogP contribution in [0.4, 0.5) is 0 Å². The van der Waals surface area contributed by atoms with Crippen LogP contribution in [0.25, 0.3) is 5.69 Å². The second-order valence-electron chi connectivity index (χ2n) is 6.64. The summed E-state index contributed by atoms with van der Waals surface area (Å²) in [6.07, 6.45) is 11.7. The summed E-state index contributed by atoms with van der Waals surface area (Å²) >= 11 is 0. The molecule has 1 N–H and O–H groups in total. The van der Waals surface area contributed by atoms with Gasteiger partial charge in [-0.15, -0.1) is 0 Å². The third kappa shape index (κ3) is 3.60. The number of nitrogens with zero attached hydrogens (tertiary/aromatic N) is 3. The maximum atomic E-state index is 12.6. The highest BCUT2D eigenvalue weighted by atomic mass is 16.1. The molecule has 0 aromatic carbocycles. The predicted octanol–water partition coefficient (Wildman–Crippen LogP) is 3.21. The summed E-state index contributed by atoms with van der Waals surface area (Å²) in [7, 11) is 0. The van der Waals surface area contributed by atoms with Crippen LogP contribution in [0, 0.1) is 11.8 Å². The van der Waals surface area contributed by atoms with Gasteiger partial charge in [-0.05, 0) is 36.8 Å². The van der Waals surface area contributed by atoms with Crippen LogP contribution in [0.2, 0.25) is 0 Å². The van der Waals surface area contributed by atoms with E-state index < -0.39 is 0 Å². The van der Waals surface area contributed by atoms with Crippen LogP contribution in [0.15, 0.2) is 37.1 Å². The Morgan fingerprint density at radius 3 is 2.87 bits per heavy atom. The van der Waals surface area contributed by atoms with E-state index in [1.54, 1.807) is 18.7 Å². The lowest BCUT2D eigenvalue weighted by atomic mass is 9.78. The number of carbonyl (C=O) groups is 1. The molecule has 1 amide bonds. The predicted molar refractivity (Wildman–Crippen MR) is 89.4 cm³/mol. The molecule has 0 bridgehead atoms. The van der Waals surface area contributed by atoms with Crippen molar-refractivity contribution in [3.05, 3.63) is 42.7 Å². The molecule has 2 atom stereocenters. The van der Waals surface area contributed by atoms with Gasteiger partial charge >= 0.3 is 0 Å².